The van der Waals surface area contributed by atoms with Crippen molar-refractivity contribution < 1.29 is 17.9 Å². The van der Waals surface area contributed by atoms with Gasteiger partial charge in [0.2, 0.25) is 0 Å². The van der Waals surface area contributed by atoms with Crippen LogP contribution in [0.3, 0.4) is 0 Å². The molecule has 1 aromatic rings. The van der Waals surface area contributed by atoms with Crippen LogP contribution in [0.15, 0.2) is 34.2 Å². The summed E-state index contributed by atoms with van der Waals surface area (Å²) < 4.78 is 38.1. The van der Waals surface area contributed by atoms with Gasteiger partial charge in [-0.1, -0.05) is 12.1 Å². The second-order valence-electron chi connectivity index (χ2n) is 5.70. The minimum absolute atomic E-state index is 0.0536. The molecule has 1 fully saturated rings. The average Bonchev–Trinajstić information content (AvgIpc) is 2.55. The van der Waals surface area contributed by atoms with Gasteiger partial charge in [0.25, 0.3) is 0 Å². The molecule has 0 amide bonds. The maximum absolute atomic E-state index is 13.7. The molecule has 0 aliphatic carbocycles. The summed E-state index contributed by atoms with van der Waals surface area (Å²) in [7, 11) is -3.71. The van der Waals surface area contributed by atoms with Crippen LogP contribution >= 0.6 is 0 Å². The molecule has 1 aliphatic rings. The Balaban J connectivity index is 2.03. The molecule has 1 aliphatic heterocycles. The number of aliphatic imine (C=N–C) groups is 1. The maximum atomic E-state index is 13.7. The highest BCUT2D eigenvalue weighted by atomic mass is 32.2. The van der Waals surface area contributed by atoms with Crippen molar-refractivity contribution in [1.82, 2.24) is 10.2 Å². The van der Waals surface area contributed by atoms with Crippen LogP contribution in [-0.2, 0) is 9.84 Å². The fourth-order valence-electron chi connectivity index (χ4n) is 2.58. The number of sulfone groups is 1. The second-order valence-corrected chi connectivity index (χ2v) is 7.78. The van der Waals surface area contributed by atoms with E-state index in [9.17, 15) is 17.9 Å². The molecule has 2 rings (SSSR count). The number of nitrogens with one attached hydrogen (secondary N) is 1. The molecule has 0 radical (unpaired) electrons. The zero-order chi connectivity index (χ0) is 17.6. The zero-order valence-electron chi connectivity index (χ0n) is 13.8. The Kier molecular flexibility index (Phi) is 6.56. The summed E-state index contributed by atoms with van der Waals surface area (Å²) in [5, 5.41) is 12.7. The summed E-state index contributed by atoms with van der Waals surface area (Å²) in [4.78, 5) is 6.07. The Morgan fingerprint density at radius 1 is 1.38 bits per heavy atom. The third-order valence-corrected chi connectivity index (χ3v) is 5.61. The van der Waals surface area contributed by atoms with E-state index in [-0.39, 0.29) is 23.3 Å². The van der Waals surface area contributed by atoms with Crippen LogP contribution in [0.2, 0.25) is 0 Å². The molecule has 0 bridgehead atoms. The van der Waals surface area contributed by atoms with E-state index in [1.54, 1.807) is 0 Å². The number of benzene rings is 1. The van der Waals surface area contributed by atoms with Gasteiger partial charge in [0.15, 0.2) is 15.8 Å². The highest BCUT2D eigenvalue weighted by molar-refractivity contribution is 7.91. The van der Waals surface area contributed by atoms with Crippen LogP contribution in [0.5, 0.6) is 0 Å². The van der Waals surface area contributed by atoms with Crippen LogP contribution < -0.4 is 5.32 Å². The molecule has 6 nitrogen and oxygen atoms in total. The van der Waals surface area contributed by atoms with E-state index >= 15 is 0 Å². The van der Waals surface area contributed by atoms with Crippen LogP contribution in [0, 0.1) is 5.82 Å². The fourth-order valence-corrected chi connectivity index (χ4v) is 3.78. The van der Waals surface area contributed by atoms with Gasteiger partial charge in [-0.15, -0.1) is 0 Å². The van der Waals surface area contributed by atoms with E-state index in [1.165, 1.54) is 18.2 Å². The molecular formula is C16H24FN3O3S. The van der Waals surface area contributed by atoms with Crippen molar-refractivity contribution in [3.05, 3.63) is 30.1 Å². The summed E-state index contributed by atoms with van der Waals surface area (Å²) in [5.74, 6) is -0.356. The number of piperidine rings is 1. The van der Waals surface area contributed by atoms with Crippen LogP contribution in [-0.4, -0.2) is 62.4 Å². The predicted octanol–water partition coefficient (Wildman–Crippen LogP) is 1.02. The van der Waals surface area contributed by atoms with Gasteiger partial charge in [-0.3, -0.25) is 4.99 Å². The zero-order valence-corrected chi connectivity index (χ0v) is 14.6. The van der Waals surface area contributed by atoms with Crippen molar-refractivity contribution in [2.75, 3.05) is 31.9 Å². The molecule has 1 aromatic carbocycles. The van der Waals surface area contributed by atoms with E-state index < -0.39 is 15.7 Å². The van der Waals surface area contributed by atoms with E-state index in [2.05, 4.69) is 10.3 Å². The third-order valence-electron chi connectivity index (χ3n) is 3.89. The molecule has 1 saturated heterocycles. The lowest BCUT2D eigenvalue weighted by Crippen LogP contribution is -2.46. The van der Waals surface area contributed by atoms with E-state index in [0.717, 1.165) is 6.07 Å². The first-order valence-corrected chi connectivity index (χ1v) is 9.78. The van der Waals surface area contributed by atoms with Crippen molar-refractivity contribution in [2.45, 2.75) is 30.8 Å². The molecule has 0 aromatic heterocycles. The first kappa shape index (κ1) is 18.7. The number of likely N-dealkylation sites (tertiary alicyclic amines) is 1. The molecule has 2 N–H and O–H groups in total. The van der Waals surface area contributed by atoms with Crippen molar-refractivity contribution in [3.8, 4) is 0 Å². The monoisotopic (exact) mass is 357 g/mol. The Hall–Kier alpha value is -1.67. The molecule has 8 heteroatoms. The number of aliphatic hydroxyl groups excluding tert-OH is 1. The highest BCUT2D eigenvalue weighted by Crippen LogP contribution is 2.15. The molecule has 0 saturated carbocycles. The topological polar surface area (TPSA) is 82.0 Å². The SMILES string of the molecule is CCNC(=NCCS(=O)(=O)c1ccccc1F)N1CCC(O)CC1. The van der Waals surface area contributed by atoms with Crippen LogP contribution in [0.25, 0.3) is 0 Å². The molecule has 134 valence electrons. The highest BCUT2D eigenvalue weighted by Gasteiger charge is 2.21. The van der Waals surface area contributed by atoms with Gasteiger partial charge in [0, 0.05) is 19.6 Å². The van der Waals surface area contributed by atoms with Crippen LogP contribution in [0.1, 0.15) is 19.8 Å². The first-order chi connectivity index (χ1) is 11.4. The predicted molar refractivity (Wildman–Crippen MR) is 91.2 cm³/mol. The summed E-state index contributed by atoms with van der Waals surface area (Å²) in [6, 6.07) is 5.37. The van der Waals surface area contributed by atoms with Gasteiger partial charge >= 0.3 is 0 Å². The number of rotatable bonds is 5. The van der Waals surface area contributed by atoms with Crippen LogP contribution in [0.4, 0.5) is 4.39 Å². The number of hydrogen-bond acceptors (Lipinski definition) is 4. The Bertz CT molecular complexity index is 671. The molecule has 0 atom stereocenters. The minimum Gasteiger partial charge on any atom is -0.393 e. The van der Waals surface area contributed by atoms with Gasteiger partial charge in [-0.25, -0.2) is 12.8 Å². The van der Waals surface area contributed by atoms with Crippen molar-refractivity contribution >= 4 is 15.8 Å². The molecular weight excluding hydrogens is 333 g/mol. The number of hydrogen-bond donors (Lipinski definition) is 2. The van der Waals surface area contributed by atoms with Gasteiger partial charge < -0.3 is 15.3 Å². The Morgan fingerprint density at radius 3 is 2.67 bits per heavy atom. The second kappa shape index (κ2) is 8.43. The number of nitrogens with zero attached hydrogens (tertiary/aromatic N) is 2. The lowest BCUT2D eigenvalue weighted by Gasteiger charge is -2.32. The summed E-state index contributed by atoms with van der Waals surface area (Å²) in [5.41, 5.74) is 0. The molecule has 24 heavy (non-hydrogen) atoms. The lowest BCUT2D eigenvalue weighted by molar-refractivity contribution is 0.108. The standard InChI is InChI=1S/C16H24FN3O3S/c1-2-18-16(20-10-7-13(21)8-11-20)19-9-12-24(22,23)15-6-4-3-5-14(15)17/h3-6,13,21H,2,7-12H2,1H3,(H,18,19). The van der Waals surface area contributed by atoms with Crippen molar-refractivity contribution in [3.63, 3.8) is 0 Å². The first-order valence-electron chi connectivity index (χ1n) is 8.12. The fraction of sp³-hybridized carbons (Fsp3) is 0.562. The normalized spacial score (nSPS) is 17.1. The third kappa shape index (κ3) is 4.91. The Morgan fingerprint density at radius 2 is 2.04 bits per heavy atom. The molecule has 0 unspecified atom stereocenters. The largest absolute Gasteiger partial charge is 0.393 e. The van der Waals surface area contributed by atoms with Crippen molar-refractivity contribution in [2.24, 2.45) is 4.99 Å². The van der Waals surface area contributed by atoms with E-state index in [4.69, 9.17) is 0 Å². The van der Waals surface area contributed by atoms with Crippen molar-refractivity contribution in [1.29, 1.82) is 0 Å². The van der Waals surface area contributed by atoms with Gasteiger partial charge in [-0.2, -0.15) is 0 Å². The minimum atomic E-state index is -3.71. The number of halogens is 1. The average molecular weight is 357 g/mol. The lowest BCUT2D eigenvalue weighted by atomic mass is 10.1. The summed E-state index contributed by atoms with van der Waals surface area (Å²) in [6.07, 6.45) is 1.04. The van der Waals surface area contributed by atoms with Gasteiger partial charge in [-0.05, 0) is 31.9 Å². The van der Waals surface area contributed by atoms with Gasteiger partial charge in [0.1, 0.15) is 10.7 Å². The molecule has 1 heterocycles. The smallest absolute Gasteiger partial charge is 0.193 e. The maximum Gasteiger partial charge on any atom is 0.193 e. The molecule has 0 spiro atoms. The number of guanidine groups is 1. The Labute approximate surface area is 142 Å². The van der Waals surface area contributed by atoms with E-state index in [1.807, 2.05) is 11.8 Å². The summed E-state index contributed by atoms with van der Waals surface area (Å²) >= 11 is 0. The number of aliphatic hydroxyl groups is 1. The van der Waals surface area contributed by atoms with Gasteiger partial charge in [0.05, 0.1) is 18.4 Å². The summed E-state index contributed by atoms with van der Waals surface area (Å²) in [6.45, 7) is 4.00. The quantitative estimate of drug-likeness (QED) is 0.607. The van der Waals surface area contributed by atoms with E-state index in [0.29, 0.717) is 38.4 Å².